The summed E-state index contributed by atoms with van der Waals surface area (Å²) in [5, 5.41) is 6.74. The zero-order chi connectivity index (χ0) is 18.7. The summed E-state index contributed by atoms with van der Waals surface area (Å²) in [6, 6.07) is 4.01. The molecule has 0 radical (unpaired) electrons. The summed E-state index contributed by atoms with van der Waals surface area (Å²) in [5.41, 5.74) is 2.31. The van der Waals surface area contributed by atoms with Gasteiger partial charge in [-0.15, -0.1) is 0 Å². The van der Waals surface area contributed by atoms with E-state index in [2.05, 4.69) is 38.7 Å². The number of carbonyl (C=O) groups is 1. The van der Waals surface area contributed by atoms with Crippen LogP contribution in [0.2, 0.25) is 0 Å². The average molecular weight is 375 g/mol. The van der Waals surface area contributed by atoms with E-state index in [1.807, 2.05) is 25.3 Å². The topological polar surface area (TPSA) is 79.4 Å². The summed E-state index contributed by atoms with van der Waals surface area (Å²) in [6.45, 7) is 8.10. The first kappa shape index (κ1) is 18.6. The number of aromatic nitrogens is 2. The molecular formula is C18H25N5O2S. The molecule has 1 aliphatic rings. The van der Waals surface area contributed by atoms with Crippen molar-refractivity contribution in [3.05, 3.63) is 35.2 Å². The fraction of sp³-hybridized carbons (Fsp3) is 0.500. The van der Waals surface area contributed by atoms with Crippen molar-refractivity contribution in [1.29, 1.82) is 0 Å². The summed E-state index contributed by atoms with van der Waals surface area (Å²) >= 11 is 1.29. The van der Waals surface area contributed by atoms with Crippen LogP contribution in [0.5, 0.6) is 0 Å². The molecule has 2 aromatic rings. The van der Waals surface area contributed by atoms with Gasteiger partial charge in [-0.1, -0.05) is 6.07 Å². The van der Waals surface area contributed by atoms with Crippen LogP contribution in [-0.4, -0.2) is 47.6 Å². The lowest BCUT2D eigenvalue weighted by molar-refractivity contribution is -0.00546. The van der Waals surface area contributed by atoms with E-state index in [0.29, 0.717) is 12.1 Å². The molecule has 2 unspecified atom stereocenters. The van der Waals surface area contributed by atoms with Gasteiger partial charge in [0.25, 0.3) is 5.91 Å². The molecule has 1 aliphatic heterocycles. The molecule has 3 heterocycles. The SMILES string of the molecule is CNc1snc(C)c1C(=O)NCc1ccc(N2CC(C)OC(C)C2)nc1. The Kier molecular flexibility index (Phi) is 5.73. The fourth-order valence-corrected chi connectivity index (χ4v) is 3.89. The Bertz CT molecular complexity index is 751. The molecular weight excluding hydrogens is 350 g/mol. The molecule has 0 aromatic carbocycles. The largest absolute Gasteiger partial charge is 0.378 e. The zero-order valence-corrected chi connectivity index (χ0v) is 16.4. The molecule has 3 rings (SSSR count). The number of nitrogens with zero attached hydrogens (tertiary/aromatic N) is 3. The van der Waals surface area contributed by atoms with Crippen molar-refractivity contribution < 1.29 is 9.53 Å². The van der Waals surface area contributed by atoms with Crippen LogP contribution in [0.25, 0.3) is 0 Å². The molecule has 1 saturated heterocycles. The Morgan fingerprint density at radius 3 is 2.69 bits per heavy atom. The molecule has 0 aliphatic carbocycles. The Morgan fingerprint density at radius 1 is 1.35 bits per heavy atom. The summed E-state index contributed by atoms with van der Waals surface area (Å²) in [5.74, 6) is 0.818. The van der Waals surface area contributed by atoms with Crippen molar-refractivity contribution in [3.63, 3.8) is 0 Å². The van der Waals surface area contributed by atoms with Crippen LogP contribution < -0.4 is 15.5 Å². The number of amides is 1. The van der Waals surface area contributed by atoms with Gasteiger partial charge in [0.15, 0.2) is 0 Å². The summed E-state index contributed by atoms with van der Waals surface area (Å²) < 4.78 is 9.99. The zero-order valence-electron chi connectivity index (χ0n) is 15.6. The van der Waals surface area contributed by atoms with Gasteiger partial charge in [0.2, 0.25) is 0 Å². The first-order valence-electron chi connectivity index (χ1n) is 8.75. The lowest BCUT2D eigenvalue weighted by atomic mass is 10.2. The van der Waals surface area contributed by atoms with Crippen LogP contribution in [0, 0.1) is 6.92 Å². The van der Waals surface area contributed by atoms with Gasteiger partial charge in [-0.05, 0) is 43.9 Å². The predicted octanol–water partition coefficient (Wildman–Crippen LogP) is 2.43. The van der Waals surface area contributed by atoms with Crippen molar-refractivity contribution in [2.24, 2.45) is 0 Å². The van der Waals surface area contributed by atoms with E-state index >= 15 is 0 Å². The number of rotatable bonds is 5. The lowest BCUT2D eigenvalue weighted by Gasteiger charge is -2.36. The van der Waals surface area contributed by atoms with Crippen LogP contribution in [0.15, 0.2) is 18.3 Å². The normalized spacial score (nSPS) is 20.1. The maximum atomic E-state index is 12.4. The standard InChI is InChI=1S/C18H25N5O2S/c1-11-9-23(10-12(2)25-11)15-6-5-14(7-20-15)8-21-17(24)16-13(3)22-26-18(16)19-4/h5-7,11-12,19H,8-10H2,1-4H3,(H,21,24). The third-order valence-electron chi connectivity index (χ3n) is 4.32. The van der Waals surface area contributed by atoms with Crippen LogP contribution >= 0.6 is 11.5 Å². The van der Waals surface area contributed by atoms with E-state index in [0.717, 1.165) is 35.2 Å². The van der Waals surface area contributed by atoms with Gasteiger partial charge in [0, 0.05) is 32.9 Å². The average Bonchev–Trinajstić information content (AvgIpc) is 3.00. The highest BCUT2D eigenvalue weighted by Gasteiger charge is 2.23. The minimum atomic E-state index is -0.125. The van der Waals surface area contributed by atoms with Gasteiger partial charge < -0.3 is 20.3 Å². The highest BCUT2D eigenvalue weighted by molar-refractivity contribution is 7.10. The molecule has 7 nitrogen and oxygen atoms in total. The van der Waals surface area contributed by atoms with E-state index in [1.165, 1.54) is 11.5 Å². The van der Waals surface area contributed by atoms with Crippen LogP contribution in [0.1, 0.15) is 35.5 Å². The molecule has 1 amide bonds. The molecule has 140 valence electrons. The van der Waals surface area contributed by atoms with Crippen molar-refractivity contribution in [1.82, 2.24) is 14.7 Å². The van der Waals surface area contributed by atoms with Gasteiger partial charge in [-0.3, -0.25) is 4.79 Å². The van der Waals surface area contributed by atoms with E-state index in [9.17, 15) is 4.79 Å². The minimum Gasteiger partial charge on any atom is -0.378 e. The van der Waals surface area contributed by atoms with Gasteiger partial charge in [-0.2, -0.15) is 4.37 Å². The highest BCUT2D eigenvalue weighted by Crippen LogP contribution is 2.24. The number of hydrogen-bond donors (Lipinski definition) is 2. The van der Waals surface area contributed by atoms with E-state index < -0.39 is 0 Å². The first-order chi connectivity index (χ1) is 12.5. The summed E-state index contributed by atoms with van der Waals surface area (Å²) in [4.78, 5) is 19.2. The summed E-state index contributed by atoms with van der Waals surface area (Å²) in [6.07, 6.45) is 2.21. The highest BCUT2D eigenvalue weighted by atomic mass is 32.1. The number of anilines is 2. The van der Waals surface area contributed by atoms with Crippen molar-refractivity contribution in [2.45, 2.75) is 39.5 Å². The monoisotopic (exact) mass is 375 g/mol. The molecule has 26 heavy (non-hydrogen) atoms. The fourth-order valence-electron chi connectivity index (χ4n) is 3.15. The Labute approximate surface area is 157 Å². The first-order valence-corrected chi connectivity index (χ1v) is 9.52. The maximum absolute atomic E-state index is 12.4. The molecule has 0 saturated carbocycles. The number of morpholine rings is 1. The van der Waals surface area contributed by atoms with Crippen LogP contribution in [-0.2, 0) is 11.3 Å². The van der Waals surface area contributed by atoms with Gasteiger partial charge in [0.1, 0.15) is 10.8 Å². The van der Waals surface area contributed by atoms with Crippen molar-refractivity contribution in [3.8, 4) is 0 Å². The number of pyridine rings is 1. The van der Waals surface area contributed by atoms with E-state index in [1.54, 1.807) is 7.05 Å². The van der Waals surface area contributed by atoms with Gasteiger partial charge in [-0.25, -0.2) is 4.98 Å². The second-order valence-corrected chi connectivity index (χ2v) is 7.37. The Balaban J connectivity index is 1.61. The lowest BCUT2D eigenvalue weighted by Crippen LogP contribution is -2.45. The summed E-state index contributed by atoms with van der Waals surface area (Å²) in [7, 11) is 1.79. The molecule has 2 atom stereocenters. The smallest absolute Gasteiger partial charge is 0.256 e. The molecule has 0 bridgehead atoms. The quantitative estimate of drug-likeness (QED) is 0.836. The molecule has 2 N–H and O–H groups in total. The van der Waals surface area contributed by atoms with Crippen LogP contribution in [0.4, 0.5) is 10.8 Å². The van der Waals surface area contributed by atoms with Crippen LogP contribution in [0.3, 0.4) is 0 Å². The third-order valence-corrected chi connectivity index (χ3v) is 5.28. The number of nitrogens with one attached hydrogen (secondary N) is 2. The maximum Gasteiger partial charge on any atom is 0.256 e. The Morgan fingerprint density at radius 2 is 2.08 bits per heavy atom. The van der Waals surface area contributed by atoms with Gasteiger partial charge >= 0.3 is 0 Å². The minimum absolute atomic E-state index is 0.125. The van der Waals surface area contributed by atoms with Crippen molar-refractivity contribution >= 4 is 28.3 Å². The third kappa shape index (κ3) is 4.13. The molecule has 0 spiro atoms. The number of hydrogen-bond acceptors (Lipinski definition) is 7. The van der Waals surface area contributed by atoms with E-state index in [4.69, 9.17) is 4.74 Å². The number of ether oxygens (including phenoxy) is 1. The van der Waals surface area contributed by atoms with Gasteiger partial charge in [0.05, 0.1) is 23.5 Å². The molecule has 2 aromatic heterocycles. The second kappa shape index (κ2) is 8.01. The van der Waals surface area contributed by atoms with Crippen molar-refractivity contribution in [2.75, 3.05) is 30.4 Å². The molecule has 8 heteroatoms. The second-order valence-electron chi connectivity index (χ2n) is 6.59. The van der Waals surface area contributed by atoms with E-state index in [-0.39, 0.29) is 18.1 Å². The predicted molar refractivity (Wildman–Crippen MR) is 104 cm³/mol. The molecule has 1 fully saturated rings. The Hall–Kier alpha value is -2.19. The number of aryl methyl sites for hydroxylation is 1. The number of carbonyl (C=O) groups excluding carboxylic acids is 1.